The second kappa shape index (κ2) is 41.4. The standard InChI is InChI=1S/C28H27FN6.C25H29FN6.C23H25FN6.C22H23FN6/c1-19-6-4-5-7-22(19)17-31-28-30-14-12-24(32-28)27-26(21-8-10-23(29)11-9-21)33-25-16-20(18-34(2)3)13-15-35(25)27;1-4-5-6-13-27-25-28-14-11-21(29-25)24-23(19-7-9-20(26)10-8-19)30-22-16-18(17-31(2)3)12-15-32(22)24;1-4-11-25-23-26-12-9-19(27-23)22-21(17-5-7-18(24)8-6-17)28-20-14-16(15-29(2)3)10-13-30(20)22;1-4-24-22-25-11-9-18(26-22)21-20(16-5-7-17(23)8-6-16)27-19-13-15(14-28(2)3)10-12-29(19)21/h4-16H,17-18H2,1-3H3,(H,30,31,32);7-12,14-16H,4-6,13,17H2,1-3H3,(H,27,28,29);5-10,12-14H,4,11,15H2,1-3H3,(H,25,26,27);5-13H,4,14H2,1-3H3,(H,24,25,26). The lowest BCUT2D eigenvalue weighted by Crippen LogP contribution is -2.10. The van der Waals surface area contributed by atoms with E-state index in [1.165, 1.54) is 89.2 Å². The van der Waals surface area contributed by atoms with Crippen LogP contribution in [0.5, 0.6) is 0 Å². The number of halogens is 4. The summed E-state index contributed by atoms with van der Waals surface area (Å²) in [5, 5.41) is 13.0. The van der Waals surface area contributed by atoms with Crippen LogP contribution in [-0.2, 0) is 32.7 Å². The zero-order valence-corrected chi connectivity index (χ0v) is 73.0. The highest BCUT2D eigenvalue weighted by molar-refractivity contribution is 5.85. The number of imidazole rings is 4. The topological polar surface area (TPSA) is 233 Å². The van der Waals surface area contributed by atoms with Crippen LogP contribution in [0.1, 0.15) is 79.8 Å². The molecule has 126 heavy (non-hydrogen) atoms. The molecule has 0 saturated carbocycles. The molecule has 0 unspecified atom stereocenters. The molecule has 0 aliphatic rings. The third-order valence-corrected chi connectivity index (χ3v) is 20.5. The number of anilines is 4. The van der Waals surface area contributed by atoms with Crippen LogP contribution in [-0.4, -0.2) is 173 Å². The minimum Gasteiger partial charge on any atom is -0.354 e. The number of pyridine rings is 4. The van der Waals surface area contributed by atoms with Gasteiger partial charge < -0.3 is 40.9 Å². The summed E-state index contributed by atoms with van der Waals surface area (Å²) < 4.78 is 62.4. The van der Waals surface area contributed by atoms with Gasteiger partial charge in [0.25, 0.3) is 0 Å². The lowest BCUT2D eigenvalue weighted by atomic mass is 10.1. The van der Waals surface area contributed by atoms with Crippen LogP contribution < -0.4 is 21.3 Å². The van der Waals surface area contributed by atoms with Crippen molar-refractivity contribution in [2.75, 3.05) is 97.3 Å². The maximum Gasteiger partial charge on any atom is 0.223 e. The molecule has 644 valence electrons. The van der Waals surface area contributed by atoms with E-state index in [1.807, 2.05) is 142 Å². The lowest BCUT2D eigenvalue weighted by molar-refractivity contribution is 0.402. The van der Waals surface area contributed by atoms with E-state index in [0.717, 1.165) is 177 Å². The van der Waals surface area contributed by atoms with Gasteiger partial charge in [0.15, 0.2) is 0 Å². The van der Waals surface area contributed by atoms with Gasteiger partial charge >= 0.3 is 0 Å². The Morgan fingerprint density at radius 1 is 0.310 bits per heavy atom. The average Bonchev–Trinajstić information content (AvgIpc) is 1.63. The fraction of sp³-hybridized carbons (Fsp3) is 0.245. The van der Waals surface area contributed by atoms with Crippen LogP contribution in [0.2, 0.25) is 0 Å². The quantitative estimate of drug-likeness (QED) is 0.0252. The number of aryl methyl sites for hydroxylation is 1. The number of unbranched alkanes of at least 4 members (excludes halogenated alkanes) is 2. The molecule has 0 radical (unpaired) electrons. The predicted octanol–water partition coefficient (Wildman–Crippen LogP) is 19.4. The number of nitrogens with one attached hydrogen (secondary N) is 4. The molecular formula is C98H104F4N24. The predicted molar refractivity (Wildman–Crippen MR) is 495 cm³/mol. The lowest BCUT2D eigenvalue weighted by Gasteiger charge is -2.11. The van der Waals surface area contributed by atoms with E-state index < -0.39 is 0 Å². The summed E-state index contributed by atoms with van der Waals surface area (Å²) >= 11 is 0. The van der Waals surface area contributed by atoms with Gasteiger partial charge in [0.1, 0.15) is 45.9 Å². The van der Waals surface area contributed by atoms with Crippen molar-refractivity contribution in [2.45, 2.75) is 86.1 Å². The van der Waals surface area contributed by atoms with Crippen LogP contribution in [0, 0.1) is 30.2 Å². The Labute approximate surface area is 731 Å². The van der Waals surface area contributed by atoms with Crippen molar-refractivity contribution in [2.24, 2.45) is 0 Å². The Balaban J connectivity index is 0.000000137. The molecule has 0 aliphatic carbocycles. The molecule has 24 nitrogen and oxygen atoms in total. The second-order valence-corrected chi connectivity index (χ2v) is 31.7. The summed E-state index contributed by atoms with van der Waals surface area (Å²) in [5.41, 5.74) is 23.2. The Morgan fingerprint density at radius 3 is 0.889 bits per heavy atom. The van der Waals surface area contributed by atoms with Gasteiger partial charge in [0.05, 0.1) is 68.3 Å². The molecule has 17 aromatic rings. The molecule has 4 N–H and O–H groups in total. The Kier molecular flexibility index (Phi) is 29.0. The smallest absolute Gasteiger partial charge is 0.223 e. The fourth-order valence-corrected chi connectivity index (χ4v) is 14.7. The summed E-state index contributed by atoms with van der Waals surface area (Å²) in [6.45, 7) is 14.6. The molecule has 0 aliphatic heterocycles. The summed E-state index contributed by atoms with van der Waals surface area (Å²) in [5.74, 6) is 1.19. The van der Waals surface area contributed by atoms with Crippen molar-refractivity contribution in [3.05, 3.63) is 300 Å². The summed E-state index contributed by atoms with van der Waals surface area (Å²) in [6.07, 6.45) is 19.5. The van der Waals surface area contributed by atoms with E-state index in [1.54, 1.807) is 73.3 Å². The van der Waals surface area contributed by atoms with E-state index in [-0.39, 0.29) is 23.3 Å². The highest BCUT2D eigenvalue weighted by atomic mass is 19.1. The highest BCUT2D eigenvalue weighted by Gasteiger charge is 2.25. The molecule has 5 aromatic carbocycles. The van der Waals surface area contributed by atoms with Gasteiger partial charge in [-0.3, -0.25) is 17.6 Å². The molecule has 0 bridgehead atoms. The van der Waals surface area contributed by atoms with E-state index in [2.05, 4.69) is 147 Å². The van der Waals surface area contributed by atoms with E-state index in [9.17, 15) is 17.6 Å². The Bertz CT molecular complexity index is 6500. The molecule has 0 spiro atoms. The molecule has 0 amide bonds. The highest BCUT2D eigenvalue weighted by Crippen LogP contribution is 2.38. The van der Waals surface area contributed by atoms with E-state index in [4.69, 9.17) is 34.9 Å². The number of rotatable bonds is 29. The van der Waals surface area contributed by atoms with Gasteiger partial charge in [-0.05, 0) is 286 Å². The van der Waals surface area contributed by atoms with E-state index in [0.29, 0.717) is 30.3 Å². The molecule has 28 heteroatoms. The van der Waals surface area contributed by atoms with Gasteiger partial charge in [0, 0.05) is 124 Å². The number of fused-ring (bicyclic) bond motifs is 4. The molecule has 0 saturated heterocycles. The maximum absolute atomic E-state index is 13.7. The van der Waals surface area contributed by atoms with Crippen molar-refractivity contribution in [3.63, 3.8) is 0 Å². The van der Waals surface area contributed by atoms with Crippen LogP contribution in [0.3, 0.4) is 0 Å². The molecule has 12 aromatic heterocycles. The molecule has 0 atom stereocenters. The third kappa shape index (κ3) is 22.1. The zero-order chi connectivity index (χ0) is 88.3. The van der Waals surface area contributed by atoms with Crippen molar-refractivity contribution in [3.8, 4) is 90.6 Å². The monoisotopic (exact) mass is 1690 g/mol. The summed E-state index contributed by atoms with van der Waals surface area (Å²) in [6, 6.07) is 58.0. The second-order valence-electron chi connectivity index (χ2n) is 31.7. The van der Waals surface area contributed by atoms with Crippen molar-refractivity contribution in [1.29, 1.82) is 0 Å². The number of hydrogen-bond donors (Lipinski definition) is 4. The van der Waals surface area contributed by atoms with Gasteiger partial charge in [-0.1, -0.05) is 51.0 Å². The van der Waals surface area contributed by atoms with Crippen molar-refractivity contribution < 1.29 is 17.6 Å². The van der Waals surface area contributed by atoms with Crippen molar-refractivity contribution >= 4 is 46.4 Å². The first-order valence-corrected chi connectivity index (χ1v) is 42.1. The number of aromatic nitrogens is 16. The SMILES string of the molecule is CCCCCNc1nccc(-c2c(-c3ccc(F)cc3)nc3cc(CN(C)C)ccn23)n1.CCCNc1nccc(-c2c(-c3ccc(F)cc3)nc3cc(CN(C)C)ccn23)n1.CCNc1nccc(-c2c(-c3ccc(F)cc3)nc3cc(CN(C)C)ccn23)n1.Cc1ccccc1CNc1nccc(-c2c(-c3ccc(F)cc3)nc3cc(CN(C)C)ccn23)n1. The Hall–Kier alpha value is -14.1. The minimum atomic E-state index is -0.280. The molecule has 17 rings (SSSR count). The van der Waals surface area contributed by atoms with Crippen LogP contribution in [0.4, 0.5) is 41.4 Å². The largest absolute Gasteiger partial charge is 0.354 e. The van der Waals surface area contributed by atoms with Gasteiger partial charge in [-0.25, -0.2) is 77.4 Å². The molecule has 0 fully saturated rings. The third-order valence-electron chi connectivity index (χ3n) is 20.5. The van der Waals surface area contributed by atoms with Crippen LogP contribution in [0.25, 0.3) is 113 Å². The fourth-order valence-electron chi connectivity index (χ4n) is 14.7. The van der Waals surface area contributed by atoms with Crippen LogP contribution in [0.15, 0.2) is 244 Å². The number of nitrogens with zero attached hydrogens (tertiary/aromatic N) is 20. The minimum absolute atomic E-state index is 0.270. The summed E-state index contributed by atoms with van der Waals surface area (Å²) in [7, 11) is 16.3. The zero-order valence-electron chi connectivity index (χ0n) is 73.0. The first-order valence-electron chi connectivity index (χ1n) is 42.1. The first-order chi connectivity index (χ1) is 61.1. The Morgan fingerprint density at radius 2 is 0.603 bits per heavy atom. The maximum atomic E-state index is 13.7. The molecule has 12 heterocycles. The normalized spacial score (nSPS) is 11.4. The number of hydrogen-bond acceptors (Lipinski definition) is 20. The first kappa shape index (κ1) is 88.3. The van der Waals surface area contributed by atoms with Gasteiger partial charge in [-0.15, -0.1) is 0 Å². The van der Waals surface area contributed by atoms with Gasteiger partial charge in [-0.2, -0.15) is 0 Å². The van der Waals surface area contributed by atoms with E-state index >= 15 is 0 Å². The van der Waals surface area contributed by atoms with Crippen LogP contribution >= 0.6 is 0 Å². The molecular weight excluding hydrogens is 1590 g/mol. The summed E-state index contributed by atoms with van der Waals surface area (Å²) in [4.78, 5) is 64.5. The van der Waals surface area contributed by atoms with Gasteiger partial charge in [0.2, 0.25) is 23.8 Å². The number of benzene rings is 5. The average molecular weight is 1690 g/mol. The van der Waals surface area contributed by atoms with Crippen molar-refractivity contribution in [1.82, 2.24) is 97.0 Å².